The van der Waals surface area contributed by atoms with Crippen LogP contribution in [0, 0.1) is 0 Å². The Balaban J connectivity index is 1.96. The van der Waals surface area contributed by atoms with Gasteiger partial charge in [0.1, 0.15) is 0 Å². The highest BCUT2D eigenvalue weighted by Crippen LogP contribution is 2.35. The summed E-state index contributed by atoms with van der Waals surface area (Å²) >= 11 is 0. The summed E-state index contributed by atoms with van der Waals surface area (Å²) in [6, 6.07) is 6.19. The van der Waals surface area contributed by atoms with Crippen LogP contribution >= 0.6 is 0 Å². The summed E-state index contributed by atoms with van der Waals surface area (Å²) in [4.78, 5) is 14.1. The van der Waals surface area contributed by atoms with Crippen molar-refractivity contribution in [1.82, 2.24) is 4.90 Å². The number of benzene rings is 1. The zero-order valence-electron chi connectivity index (χ0n) is 9.31. The molecular formula is C13H15NO2. The molecule has 0 radical (unpaired) electrons. The Morgan fingerprint density at radius 2 is 2.19 bits per heavy atom. The molecule has 3 nitrogen and oxygen atoms in total. The lowest BCUT2D eigenvalue weighted by Crippen LogP contribution is -2.25. The van der Waals surface area contributed by atoms with E-state index in [1.54, 1.807) is 6.92 Å². The summed E-state index contributed by atoms with van der Waals surface area (Å²) in [6.45, 7) is 2.47. The molecule has 2 aliphatic rings. The van der Waals surface area contributed by atoms with Crippen LogP contribution in [0.25, 0.3) is 0 Å². The molecule has 3 rings (SSSR count). The van der Waals surface area contributed by atoms with Crippen molar-refractivity contribution < 1.29 is 9.90 Å². The lowest BCUT2D eigenvalue weighted by atomic mass is 10.0. The highest BCUT2D eigenvalue weighted by atomic mass is 16.3. The lowest BCUT2D eigenvalue weighted by molar-refractivity contribution is 0.0766. The molecule has 84 valence electrons. The largest absolute Gasteiger partial charge is 0.389 e. The van der Waals surface area contributed by atoms with Gasteiger partial charge in [-0.05, 0) is 37.0 Å². The minimum absolute atomic E-state index is 0.139. The van der Waals surface area contributed by atoms with Gasteiger partial charge in [-0.25, -0.2) is 0 Å². The van der Waals surface area contributed by atoms with E-state index in [9.17, 15) is 9.90 Å². The first-order valence-electron chi connectivity index (χ1n) is 5.78. The Kier molecular flexibility index (Phi) is 2.04. The predicted molar refractivity (Wildman–Crippen MR) is 60.0 cm³/mol. The van der Waals surface area contributed by atoms with Gasteiger partial charge >= 0.3 is 0 Å². The highest BCUT2D eigenvalue weighted by Gasteiger charge is 2.38. The van der Waals surface area contributed by atoms with Crippen LogP contribution in [0.2, 0.25) is 0 Å². The molecule has 0 aromatic heterocycles. The van der Waals surface area contributed by atoms with Crippen molar-refractivity contribution in [3.8, 4) is 0 Å². The van der Waals surface area contributed by atoms with Gasteiger partial charge in [0.25, 0.3) is 5.91 Å². The fraction of sp³-hybridized carbons (Fsp3) is 0.462. The van der Waals surface area contributed by atoms with Crippen molar-refractivity contribution in [2.45, 2.75) is 38.5 Å². The second-order valence-corrected chi connectivity index (χ2v) is 4.76. The summed E-state index contributed by atoms with van der Waals surface area (Å²) in [5.41, 5.74) is 2.70. The molecule has 1 N–H and O–H groups in total. The summed E-state index contributed by atoms with van der Waals surface area (Å²) in [5, 5.41) is 9.50. The topological polar surface area (TPSA) is 40.5 Å². The molecule has 1 amide bonds. The van der Waals surface area contributed by atoms with Gasteiger partial charge in [0.2, 0.25) is 0 Å². The zero-order chi connectivity index (χ0) is 11.3. The molecule has 1 aromatic rings. The number of fused-ring (bicyclic) bond motifs is 1. The Hall–Kier alpha value is -1.35. The van der Waals surface area contributed by atoms with Crippen molar-refractivity contribution in [3.05, 3.63) is 34.9 Å². The number of rotatable bonds is 2. The second-order valence-electron chi connectivity index (χ2n) is 4.76. The maximum atomic E-state index is 12.1. The Morgan fingerprint density at radius 1 is 1.44 bits per heavy atom. The van der Waals surface area contributed by atoms with Gasteiger partial charge in [-0.15, -0.1) is 0 Å². The van der Waals surface area contributed by atoms with Crippen LogP contribution in [-0.4, -0.2) is 22.0 Å². The predicted octanol–water partition coefficient (Wildman–Crippen LogP) is 1.86. The molecule has 1 aromatic carbocycles. The van der Waals surface area contributed by atoms with E-state index >= 15 is 0 Å². The SMILES string of the molecule is CC(O)c1ccc2c(c1)C(=O)N(C1CC1)C2. The maximum absolute atomic E-state index is 12.1. The average molecular weight is 217 g/mol. The summed E-state index contributed by atoms with van der Waals surface area (Å²) in [5.74, 6) is 0.139. The molecule has 1 heterocycles. The fourth-order valence-corrected chi connectivity index (χ4v) is 2.28. The molecule has 0 bridgehead atoms. The third-order valence-corrected chi connectivity index (χ3v) is 3.44. The van der Waals surface area contributed by atoms with Gasteiger partial charge in [0.05, 0.1) is 6.10 Å². The van der Waals surface area contributed by atoms with Gasteiger partial charge in [-0.3, -0.25) is 4.79 Å². The van der Waals surface area contributed by atoms with Crippen LogP contribution in [0.3, 0.4) is 0 Å². The van der Waals surface area contributed by atoms with Gasteiger partial charge in [-0.2, -0.15) is 0 Å². The molecule has 1 aliphatic heterocycles. The Labute approximate surface area is 94.7 Å². The molecule has 1 fully saturated rings. The van der Waals surface area contributed by atoms with Crippen molar-refractivity contribution in [2.24, 2.45) is 0 Å². The first-order chi connectivity index (χ1) is 7.66. The average Bonchev–Trinajstić information content (AvgIpc) is 3.04. The third-order valence-electron chi connectivity index (χ3n) is 3.44. The Bertz CT molecular complexity index is 449. The highest BCUT2D eigenvalue weighted by molar-refractivity contribution is 5.98. The monoisotopic (exact) mass is 217 g/mol. The first-order valence-corrected chi connectivity index (χ1v) is 5.78. The minimum atomic E-state index is -0.506. The number of carbonyl (C=O) groups excluding carboxylic acids is 1. The lowest BCUT2D eigenvalue weighted by Gasteiger charge is -2.13. The van der Waals surface area contributed by atoms with E-state index in [4.69, 9.17) is 0 Å². The standard InChI is InChI=1S/C13H15NO2/c1-8(15)9-2-3-10-7-14(11-4-5-11)13(16)12(10)6-9/h2-3,6,8,11,15H,4-5,7H2,1H3. The van der Waals surface area contributed by atoms with E-state index in [-0.39, 0.29) is 5.91 Å². The molecule has 1 unspecified atom stereocenters. The molecule has 1 saturated carbocycles. The smallest absolute Gasteiger partial charge is 0.254 e. The molecule has 0 saturated heterocycles. The number of hydrogen-bond donors (Lipinski definition) is 1. The quantitative estimate of drug-likeness (QED) is 0.821. The van der Waals surface area contributed by atoms with Gasteiger partial charge in [-0.1, -0.05) is 12.1 Å². The number of nitrogens with zero attached hydrogens (tertiary/aromatic N) is 1. The van der Waals surface area contributed by atoms with Crippen molar-refractivity contribution >= 4 is 5.91 Å². The molecule has 0 spiro atoms. The van der Waals surface area contributed by atoms with Crippen LogP contribution in [0.15, 0.2) is 18.2 Å². The molecular weight excluding hydrogens is 202 g/mol. The van der Waals surface area contributed by atoms with Gasteiger partial charge < -0.3 is 10.0 Å². The van der Waals surface area contributed by atoms with E-state index in [1.807, 2.05) is 23.1 Å². The number of amides is 1. The summed E-state index contributed by atoms with van der Waals surface area (Å²) in [7, 11) is 0. The van der Waals surface area contributed by atoms with E-state index in [1.165, 1.54) is 0 Å². The van der Waals surface area contributed by atoms with Gasteiger partial charge in [0, 0.05) is 18.2 Å². The third kappa shape index (κ3) is 1.43. The van der Waals surface area contributed by atoms with E-state index in [0.29, 0.717) is 6.04 Å². The molecule has 1 atom stereocenters. The van der Waals surface area contributed by atoms with Crippen LogP contribution in [0.5, 0.6) is 0 Å². The fourth-order valence-electron chi connectivity index (χ4n) is 2.28. The van der Waals surface area contributed by atoms with Crippen molar-refractivity contribution in [3.63, 3.8) is 0 Å². The first kappa shape index (κ1) is 9.85. The Morgan fingerprint density at radius 3 is 2.81 bits per heavy atom. The minimum Gasteiger partial charge on any atom is -0.389 e. The molecule has 3 heteroatoms. The summed E-state index contributed by atoms with van der Waals surface area (Å²) in [6.07, 6.45) is 1.78. The molecule has 16 heavy (non-hydrogen) atoms. The summed E-state index contributed by atoms with van der Waals surface area (Å²) < 4.78 is 0. The van der Waals surface area contributed by atoms with Crippen LogP contribution in [-0.2, 0) is 6.54 Å². The van der Waals surface area contributed by atoms with Gasteiger partial charge in [0.15, 0.2) is 0 Å². The van der Waals surface area contributed by atoms with E-state index < -0.39 is 6.10 Å². The number of aliphatic hydroxyl groups excluding tert-OH is 1. The van der Waals surface area contributed by atoms with Crippen molar-refractivity contribution in [2.75, 3.05) is 0 Å². The molecule has 1 aliphatic carbocycles. The number of hydrogen-bond acceptors (Lipinski definition) is 2. The normalized spacial score (nSPS) is 21.1. The number of carbonyl (C=O) groups is 1. The van der Waals surface area contributed by atoms with E-state index in [2.05, 4.69) is 0 Å². The van der Waals surface area contributed by atoms with Crippen LogP contribution in [0.4, 0.5) is 0 Å². The van der Waals surface area contributed by atoms with Crippen LogP contribution in [0.1, 0.15) is 47.4 Å². The number of aliphatic hydroxyl groups is 1. The van der Waals surface area contributed by atoms with Crippen molar-refractivity contribution in [1.29, 1.82) is 0 Å². The van der Waals surface area contributed by atoms with E-state index in [0.717, 1.165) is 36.1 Å². The second kappa shape index (κ2) is 3.32. The maximum Gasteiger partial charge on any atom is 0.254 e. The zero-order valence-corrected chi connectivity index (χ0v) is 9.31. The van der Waals surface area contributed by atoms with Crippen LogP contribution < -0.4 is 0 Å².